The van der Waals surface area contributed by atoms with Crippen LogP contribution in [0.25, 0.3) is 11.2 Å². The number of nitrogens with zero attached hydrogens (tertiary/aromatic N) is 5. The molecule has 2 aromatic heterocycles. The lowest BCUT2D eigenvalue weighted by atomic mass is 9.87. The molecule has 11 nitrogen and oxygen atoms in total. The molecule has 1 aliphatic heterocycles. The summed E-state index contributed by atoms with van der Waals surface area (Å²) in [6, 6.07) is 18.3. The first-order chi connectivity index (χ1) is 18.3. The van der Waals surface area contributed by atoms with Crippen molar-refractivity contribution in [3.05, 3.63) is 84.4 Å². The average Bonchev–Trinajstić information content (AvgIpc) is 3.34. The van der Waals surface area contributed by atoms with Crippen LogP contribution in [0.2, 0.25) is 0 Å². The number of imidazole rings is 1. The van der Waals surface area contributed by atoms with Gasteiger partial charge in [-0.2, -0.15) is 0 Å². The summed E-state index contributed by atoms with van der Waals surface area (Å²) in [6.45, 7) is -3.83. The Morgan fingerprint density at radius 3 is 2.26 bits per heavy atom. The quantitative estimate of drug-likeness (QED) is 0.236. The van der Waals surface area contributed by atoms with Crippen molar-refractivity contribution in [1.82, 2.24) is 24.4 Å². The van der Waals surface area contributed by atoms with Crippen molar-refractivity contribution >= 4 is 35.5 Å². The summed E-state index contributed by atoms with van der Waals surface area (Å²) >= 11 is 4.72. The molecule has 0 spiro atoms. The van der Waals surface area contributed by atoms with Crippen LogP contribution in [0.1, 0.15) is 23.2 Å². The van der Waals surface area contributed by atoms with Crippen LogP contribution in [0.5, 0.6) is 0 Å². The summed E-state index contributed by atoms with van der Waals surface area (Å²) in [4.78, 5) is 34.6. The zero-order chi connectivity index (χ0) is 26.9. The Hall–Kier alpha value is -2.80. The smallest absolute Gasteiger partial charge is 0.321 e. The number of anilines is 1. The highest BCUT2D eigenvalue weighted by atomic mass is 32.5. The van der Waals surface area contributed by atoms with Gasteiger partial charge in [0.25, 0.3) is 0 Å². The molecular weight excluding hydrogens is 527 g/mol. The molecule has 1 aliphatic rings. The zero-order valence-electron chi connectivity index (χ0n) is 20.6. The van der Waals surface area contributed by atoms with Gasteiger partial charge in [0.05, 0.1) is 37.2 Å². The van der Waals surface area contributed by atoms with E-state index in [1.807, 2.05) is 65.2 Å². The molecule has 200 valence electrons. The fourth-order valence-electron chi connectivity index (χ4n) is 5.26. The maximum Gasteiger partial charge on any atom is 0.321 e. The molecule has 38 heavy (non-hydrogen) atoms. The lowest BCUT2D eigenvalue weighted by Crippen LogP contribution is -2.62. The van der Waals surface area contributed by atoms with E-state index in [0.717, 1.165) is 11.1 Å². The Bertz CT molecular complexity index is 1380. The van der Waals surface area contributed by atoms with Crippen molar-refractivity contribution in [1.29, 1.82) is 0 Å². The molecule has 1 fully saturated rings. The first-order valence-corrected chi connectivity index (χ1v) is 14.6. The van der Waals surface area contributed by atoms with Crippen LogP contribution in [0.3, 0.4) is 0 Å². The summed E-state index contributed by atoms with van der Waals surface area (Å²) in [6.07, 6.45) is 1.18. The topological polar surface area (TPSA) is 152 Å². The molecule has 2 aromatic carbocycles. The minimum Gasteiger partial charge on any atom is -0.389 e. The van der Waals surface area contributed by atoms with Gasteiger partial charge in [0, 0.05) is 13.7 Å². The van der Waals surface area contributed by atoms with Crippen molar-refractivity contribution in [2.24, 2.45) is 0 Å². The van der Waals surface area contributed by atoms with Crippen molar-refractivity contribution in [3.8, 4) is 0 Å². The maximum absolute atomic E-state index is 11.7. The molecule has 1 saturated heterocycles. The van der Waals surface area contributed by atoms with Gasteiger partial charge in [-0.3, -0.25) is 4.90 Å². The standard InChI is InChI=1S/C25H29N6O5PS/c1-35-23-18(31-15-29-20-24(26)27-14-28-25(20)31)12-30(19(22(23)32)13-36-37(33,34)38)21(16-8-4-2-5-9-16)17-10-6-3-7-11-17/h2-11,14-15,18-19,21-23,32H,12-13H2,1H3,(H2,26,27,28)(H2,33,34,38)/t18-,19-,22-,23-/m1/s1. The van der Waals surface area contributed by atoms with Crippen molar-refractivity contribution in [2.75, 3.05) is 26.0 Å². The summed E-state index contributed by atoms with van der Waals surface area (Å²) in [5.41, 5.74) is 8.98. The normalized spacial score (nSPS) is 22.8. The van der Waals surface area contributed by atoms with Crippen molar-refractivity contribution < 1.29 is 24.2 Å². The lowest BCUT2D eigenvalue weighted by Gasteiger charge is -2.50. The molecule has 13 heteroatoms. The first-order valence-electron chi connectivity index (χ1n) is 12.0. The van der Waals surface area contributed by atoms with E-state index in [2.05, 4.69) is 19.9 Å². The average molecular weight is 557 g/mol. The first kappa shape index (κ1) is 26.8. The Labute approximate surface area is 224 Å². The zero-order valence-corrected chi connectivity index (χ0v) is 22.3. The van der Waals surface area contributed by atoms with Crippen LogP contribution < -0.4 is 5.73 Å². The Kier molecular flexibility index (Phi) is 7.85. The molecule has 4 atom stereocenters. The molecule has 4 aromatic rings. The Balaban J connectivity index is 1.64. The number of aromatic nitrogens is 4. The number of methoxy groups -OCH3 is 1. The summed E-state index contributed by atoms with van der Waals surface area (Å²) in [7, 11) is 1.52. The molecule has 0 aliphatic carbocycles. The fraction of sp³-hybridized carbons (Fsp3) is 0.320. The second-order valence-corrected chi connectivity index (χ2v) is 11.8. The molecule has 0 saturated carbocycles. The van der Waals surface area contributed by atoms with Crippen LogP contribution >= 0.6 is 6.72 Å². The predicted molar refractivity (Wildman–Crippen MR) is 145 cm³/mol. The number of nitrogen functional groups attached to an aromatic ring is 1. The number of aliphatic hydroxyl groups excluding tert-OH is 1. The van der Waals surface area contributed by atoms with Gasteiger partial charge in [-0.1, -0.05) is 60.7 Å². The third kappa shape index (κ3) is 5.35. The SMILES string of the molecule is CO[C@H]1[C@H](O)[C@@H](COP(O)(O)=S)N(C(c2ccccc2)c2ccccc2)C[C@H]1n1cnc2c(N)ncnc21. The number of benzene rings is 2. The third-order valence-corrected chi connectivity index (χ3v) is 7.73. The van der Waals surface area contributed by atoms with E-state index < -0.39 is 31.0 Å². The number of likely N-dealkylation sites (tertiary alicyclic amines) is 1. The number of hydrogen-bond acceptors (Lipinski definition) is 9. The number of aliphatic hydroxyl groups is 1. The van der Waals surface area contributed by atoms with Gasteiger partial charge in [-0.15, -0.1) is 0 Å². The van der Waals surface area contributed by atoms with Crippen molar-refractivity contribution in [2.45, 2.75) is 30.3 Å². The van der Waals surface area contributed by atoms with Gasteiger partial charge >= 0.3 is 6.72 Å². The largest absolute Gasteiger partial charge is 0.389 e. The molecule has 5 N–H and O–H groups in total. The van der Waals surface area contributed by atoms with Gasteiger partial charge in [-0.05, 0) is 22.9 Å². The molecule has 0 amide bonds. The Morgan fingerprint density at radius 2 is 1.68 bits per heavy atom. The van der Waals surface area contributed by atoms with E-state index >= 15 is 0 Å². The van der Waals surface area contributed by atoms with Crippen LogP contribution in [-0.2, 0) is 21.1 Å². The number of nitrogens with two attached hydrogens (primary N) is 1. The molecule has 0 unspecified atom stereocenters. The van der Waals surface area contributed by atoms with Gasteiger partial charge in [0.2, 0.25) is 0 Å². The van der Waals surface area contributed by atoms with Gasteiger partial charge in [0.1, 0.15) is 17.9 Å². The van der Waals surface area contributed by atoms with Crippen LogP contribution in [0.4, 0.5) is 5.82 Å². The highest BCUT2D eigenvalue weighted by Crippen LogP contribution is 2.42. The minimum absolute atomic E-state index is 0.214. The second-order valence-electron chi connectivity index (χ2n) is 9.12. The number of hydrogen-bond donors (Lipinski definition) is 4. The summed E-state index contributed by atoms with van der Waals surface area (Å²) in [5.74, 6) is 0.255. The predicted octanol–water partition coefficient (Wildman–Crippen LogP) is 2.02. The summed E-state index contributed by atoms with van der Waals surface area (Å²) in [5, 5.41) is 11.7. The number of piperidine rings is 1. The highest BCUT2D eigenvalue weighted by Gasteiger charge is 2.47. The van der Waals surface area contributed by atoms with Crippen LogP contribution in [-0.4, -0.2) is 77.8 Å². The third-order valence-electron chi connectivity index (χ3n) is 6.93. The van der Waals surface area contributed by atoms with Gasteiger partial charge < -0.3 is 34.5 Å². The van der Waals surface area contributed by atoms with E-state index in [-0.39, 0.29) is 18.5 Å². The van der Waals surface area contributed by atoms with Crippen LogP contribution in [0.15, 0.2) is 73.3 Å². The van der Waals surface area contributed by atoms with E-state index in [4.69, 9.17) is 26.8 Å². The monoisotopic (exact) mass is 556 g/mol. The Morgan fingerprint density at radius 1 is 1.05 bits per heavy atom. The lowest BCUT2D eigenvalue weighted by molar-refractivity contribution is -0.132. The fourth-order valence-corrected chi connectivity index (χ4v) is 5.79. The molecule has 0 radical (unpaired) electrons. The number of rotatable bonds is 8. The molecule has 3 heterocycles. The van der Waals surface area contributed by atoms with E-state index in [0.29, 0.717) is 17.7 Å². The van der Waals surface area contributed by atoms with E-state index in [9.17, 15) is 14.9 Å². The molecule has 5 rings (SSSR count). The minimum atomic E-state index is -3.98. The van der Waals surface area contributed by atoms with E-state index in [1.54, 1.807) is 6.33 Å². The molecular formula is C25H29N6O5PS. The van der Waals surface area contributed by atoms with Crippen molar-refractivity contribution in [3.63, 3.8) is 0 Å². The molecule has 0 bridgehead atoms. The maximum atomic E-state index is 11.7. The summed E-state index contributed by atoms with van der Waals surface area (Å²) < 4.78 is 13.0. The van der Waals surface area contributed by atoms with Crippen LogP contribution in [0, 0.1) is 0 Å². The second kappa shape index (κ2) is 11.1. The number of fused-ring (bicyclic) bond motifs is 1. The van der Waals surface area contributed by atoms with E-state index in [1.165, 1.54) is 13.4 Å². The highest BCUT2D eigenvalue weighted by molar-refractivity contribution is 8.06. The number of ether oxygens (including phenoxy) is 1. The van der Waals surface area contributed by atoms with Gasteiger partial charge in [-0.25, -0.2) is 15.0 Å². The van der Waals surface area contributed by atoms with Gasteiger partial charge in [0.15, 0.2) is 11.5 Å².